The summed E-state index contributed by atoms with van der Waals surface area (Å²) in [5.41, 5.74) is 1.44. The Labute approximate surface area is 191 Å². The fourth-order valence-electron chi connectivity index (χ4n) is 3.22. The molecular weight excluding hydrogens is 478 g/mol. The molecule has 0 aliphatic rings. The van der Waals surface area contributed by atoms with Crippen LogP contribution >= 0.6 is 27.7 Å². The van der Waals surface area contributed by atoms with Crippen LogP contribution in [0.15, 0.2) is 85.8 Å². The van der Waals surface area contributed by atoms with Crippen LogP contribution in [0.2, 0.25) is 0 Å². The second-order valence-corrected chi connectivity index (χ2v) is 8.87. The molecule has 0 spiro atoms. The molecule has 0 aliphatic heterocycles. The topological polar surface area (TPSA) is 77.1 Å². The average molecular weight is 498 g/mol. The van der Waals surface area contributed by atoms with Crippen LogP contribution in [0.5, 0.6) is 0 Å². The van der Waals surface area contributed by atoms with Crippen molar-refractivity contribution < 1.29 is 9.21 Å². The molecule has 2 aromatic heterocycles. The molecular formula is C23H20BrN3O3S. The van der Waals surface area contributed by atoms with E-state index in [9.17, 15) is 9.59 Å². The molecule has 0 saturated heterocycles. The molecule has 0 unspecified atom stereocenters. The number of hydrogen-bond acceptors (Lipinski definition) is 5. The quantitative estimate of drug-likeness (QED) is 0.294. The second kappa shape index (κ2) is 9.53. The fourth-order valence-corrected chi connectivity index (χ4v) is 4.39. The summed E-state index contributed by atoms with van der Waals surface area (Å²) in [5, 5.41) is 3.97. The van der Waals surface area contributed by atoms with Gasteiger partial charge in [0.25, 0.3) is 5.56 Å². The summed E-state index contributed by atoms with van der Waals surface area (Å²) in [6.07, 6.45) is 1.57. The van der Waals surface area contributed by atoms with Gasteiger partial charge in [-0.05, 0) is 42.8 Å². The molecule has 0 fully saturated rings. The number of amides is 1. The number of hydrogen-bond donors (Lipinski definition) is 1. The van der Waals surface area contributed by atoms with Gasteiger partial charge >= 0.3 is 0 Å². The number of carbonyl (C=O) groups is 1. The Morgan fingerprint density at radius 3 is 2.74 bits per heavy atom. The molecule has 1 N–H and O–H groups in total. The normalized spacial score (nSPS) is 12.1. The summed E-state index contributed by atoms with van der Waals surface area (Å²) in [6, 6.07) is 18.6. The summed E-state index contributed by atoms with van der Waals surface area (Å²) in [7, 11) is 0. The van der Waals surface area contributed by atoms with Crippen molar-refractivity contribution >= 4 is 44.5 Å². The van der Waals surface area contributed by atoms with Crippen LogP contribution < -0.4 is 10.9 Å². The van der Waals surface area contributed by atoms with E-state index in [0.29, 0.717) is 21.8 Å². The summed E-state index contributed by atoms with van der Waals surface area (Å²) in [5.74, 6) is 0.655. The Hall–Kier alpha value is -2.84. The molecule has 4 aromatic rings. The minimum atomic E-state index is -0.178. The van der Waals surface area contributed by atoms with E-state index in [4.69, 9.17) is 4.42 Å². The maximum absolute atomic E-state index is 13.2. The van der Waals surface area contributed by atoms with Crippen molar-refractivity contribution in [3.05, 3.63) is 93.1 Å². The smallest absolute Gasteiger partial charge is 0.262 e. The fraction of sp³-hybridized carbons (Fsp3) is 0.174. The zero-order valence-corrected chi connectivity index (χ0v) is 19.2. The van der Waals surface area contributed by atoms with E-state index in [1.807, 2.05) is 43.3 Å². The van der Waals surface area contributed by atoms with Gasteiger partial charge in [0, 0.05) is 4.47 Å². The lowest BCUT2D eigenvalue weighted by molar-refractivity contribution is -0.119. The third-order valence-corrected chi connectivity index (χ3v) is 6.25. The minimum absolute atomic E-state index is 0.110. The monoisotopic (exact) mass is 497 g/mol. The zero-order chi connectivity index (χ0) is 21.8. The lowest BCUT2D eigenvalue weighted by atomic mass is 10.1. The third kappa shape index (κ3) is 5.08. The molecule has 0 saturated carbocycles. The van der Waals surface area contributed by atoms with Crippen molar-refractivity contribution in [1.82, 2.24) is 14.9 Å². The predicted molar refractivity (Wildman–Crippen MR) is 125 cm³/mol. The van der Waals surface area contributed by atoms with Gasteiger partial charge in [0.2, 0.25) is 5.91 Å². The highest BCUT2D eigenvalue weighted by Crippen LogP contribution is 2.22. The molecule has 2 heterocycles. The highest BCUT2D eigenvalue weighted by Gasteiger charge is 2.16. The van der Waals surface area contributed by atoms with Gasteiger partial charge in [-0.2, -0.15) is 0 Å². The molecule has 0 bridgehead atoms. The Morgan fingerprint density at radius 2 is 2.00 bits per heavy atom. The SMILES string of the molecule is C[C@H](NC(=O)CSc1nc2ccc(Br)cc2c(=O)n1Cc1ccco1)c1ccccc1. The second-order valence-electron chi connectivity index (χ2n) is 7.02. The minimum Gasteiger partial charge on any atom is -0.467 e. The van der Waals surface area contributed by atoms with E-state index < -0.39 is 0 Å². The Kier molecular flexibility index (Phi) is 6.58. The number of halogens is 1. The van der Waals surface area contributed by atoms with E-state index in [1.165, 1.54) is 11.8 Å². The number of nitrogens with one attached hydrogen (secondary N) is 1. The van der Waals surface area contributed by atoms with Gasteiger partial charge < -0.3 is 9.73 Å². The number of rotatable bonds is 7. The molecule has 0 aliphatic carbocycles. The number of carbonyl (C=O) groups excluding carboxylic acids is 1. The van der Waals surface area contributed by atoms with E-state index >= 15 is 0 Å². The predicted octanol–water partition coefficient (Wildman–Crippen LogP) is 4.77. The standard InChI is InChI=1S/C23H20BrN3O3S/c1-15(16-6-3-2-4-7-16)25-21(28)14-31-23-26-20-10-9-17(24)12-19(20)22(29)27(23)13-18-8-5-11-30-18/h2-12,15H,13-14H2,1H3,(H,25,28)/t15-/m0/s1. The molecule has 2 aromatic carbocycles. The Balaban J connectivity index is 1.57. The summed E-state index contributed by atoms with van der Waals surface area (Å²) >= 11 is 4.64. The van der Waals surface area contributed by atoms with E-state index in [2.05, 4.69) is 26.2 Å². The van der Waals surface area contributed by atoms with Gasteiger partial charge in [-0.15, -0.1) is 0 Å². The van der Waals surface area contributed by atoms with Gasteiger partial charge in [0.15, 0.2) is 5.16 Å². The number of fused-ring (bicyclic) bond motifs is 1. The van der Waals surface area contributed by atoms with Crippen LogP contribution in [0.1, 0.15) is 24.3 Å². The molecule has 31 heavy (non-hydrogen) atoms. The summed E-state index contributed by atoms with van der Waals surface area (Å²) < 4.78 is 7.78. The first-order chi connectivity index (χ1) is 15.0. The first kappa shape index (κ1) is 21.4. The van der Waals surface area contributed by atoms with Crippen molar-refractivity contribution in [2.45, 2.75) is 24.7 Å². The highest BCUT2D eigenvalue weighted by atomic mass is 79.9. The molecule has 0 radical (unpaired) electrons. The van der Waals surface area contributed by atoms with E-state index in [0.717, 1.165) is 10.0 Å². The number of furan rings is 1. The zero-order valence-electron chi connectivity index (χ0n) is 16.7. The Morgan fingerprint density at radius 1 is 1.19 bits per heavy atom. The molecule has 158 valence electrons. The average Bonchev–Trinajstić information content (AvgIpc) is 3.29. The molecule has 6 nitrogen and oxygen atoms in total. The van der Waals surface area contributed by atoms with Crippen LogP contribution in [0.4, 0.5) is 0 Å². The molecule has 1 amide bonds. The largest absolute Gasteiger partial charge is 0.467 e. The lowest BCUT2D eigenvalue weighted by Crippen LogP contribution is -2.29. The number of benzene rings is 2. The van der Waals surface area contributed by atoms with Crippen molar-refractivity contribution in [2.24, 2.45) is 0 Å². The maximum Gasteiger partial charge on any atom is 0.262 e. The van der Waals surface area contributed by atoms with Crippen LogP contribution in [0.3, 0.4) is 0 Å². The molecule has 1 atom stereocenters. The van der Waals surface area contributed by atoms with E-state index in [1.54, 1.807) is 35.1 Å². The van der Waals surface area contributed by atoms with Crippen LogP contribution in [-0.4, -0.2) is 21.2 Å². The van der Waals surface area contributed by atoms with Gasteiger partial charge in [-0.3, -0.25) is 14.2 Å². The number of thioether (sulfide) groups is 1. The van der Waals surface area contributed by atoms with Gasteiger partial charge in [-0.1, -0.05) is 58.0 Å². The molecule has 4 rings (SSSR count). The first-order valence-corrected chi connectivity index (χ1v) is 11.5. The van der Waals surface area contributed by atoms with Crippen molar-refractivity contribution in [3.63, 3.8) is 0 Å². The third-order valence-electron chi connectivity index (χ3n) is 4.78. The lowest BCUT2D eigenvalue weighted by Gasteiger charge is -2.15. The van der Waals surface area contributed by atoms with E-state index in [-0.39, 0.29) is 29.8 Å². The van der Waals surface area contributed by atoms with Gasteiger partial charge in [0.05, 0.1) is 35.5 Å². The maximum atomic E-state index is 13.2. The Bertz CT molecular complexity index is 1260. The van der Waals surface area contributed by atoms with Crippen molar-refractivity contribution in [1.29, 1.82) is 0 Å². The van der Waals surface area contributed by atoms with Gasteiger partial charge in [-0.25, -0.2) is 4.98 Å². The van der Waals surface area contributed by atoms with Crippen LogP contribution in [0.25, 0.3) is 10.9 Å². The summed E-state index contributed by atoms with van der Waals surface area (Å²) in [4.78, 5) is 30.4. The van der Waals surface area contributed by atoms with Crippen LogP contribution in [-0.2, 0) is 11.3 Å². The number of nitrogens with zero attached hydrogens (tertiary/aromatic N) is 2. The first-order valence-electron chi connectivity index (χ1n) is 9.71. The molecule has 8 heteroatoms. The van der Waals surface area contributed by atoms with Gasteiger partial charge in [0.1, 0.15) is 5.76 Å². The van der Waals surface area contributed by atoms with Crippen molar-refractivity contribution in [3.8, 4) is 0 Å². The summed E-state index contributed by atoms with van der Waals surface area (Å²) in [6.45, 7) is 2.18. The highest BCUT2D eigenvalue weighted by molar-refractivity contribution is 9.10. The number of aromatic nitrogens is 2. The van der Waals surface area contributed by atoms with Crippen LogP contribution in [0, 0.1) is 0 Å². The van der Waals surface area contributed by atoms with Crippen molar-refractivity contribution in [2.75, 3.05) is 5.75 Å².